The molecule has 0 amide bonds. The quantitative estimate of drug-likeness (QED) is 0.751. The molecule has 1 saturated heterocycles. The van der Waals surface area contributed by atoms with E-state index in [2.05, 4.69) is 5.48 Å². The molecule has 0 bridgehead atoms. The van der Waals surface area contributed by atoms with Gasteiger partial charge in [0.05, 0.1) is 12.7 Å². The largest absolute Gasteiger partial charge is 0.494 e. The number of rotatable bonds is 6. The lowest BCUT2D eigenvalue weighted by Crippen LogP contribution is -2.29. The van der Waals surface area contributed by atoms with Crippen LogP contribution in [-0.4, -0.2) is 29.8 Å². The number of carbonyl (C=O) groups is 1. The Kier molecular flexibility index (Phi) is 4.55. The molecule has 0 aromatic heterocycles. The zero-order valence-corrected chi connectivity index (χ0v) is 10.0. The average molecular weight is 251 g/mol. The van der Waals surface area contributed by atoms with Gasteiger partial charge in [-0.05, 0) is 25.0 Å². The Balaban J connectivity index is 1.61. The minimum Gasteiger partial charge on any atom is -0.494 e. The molecule has 1 heterocycles. The highest BCUT2D eigenvalue weighted by atomic mass is 16.7. The molecular formula is C13H17NO4. The fourth-order valence-electron chi connectivity index (χ4n) is 1.88. The van der Waals surface area contributed by atoms with Crippen LogP contribution in [-0.2, 0) is 9.63 Å². The first-order chi connectivity index (χ1) is 8.75. The predicted molar refractivity (Wildman–Crippen MR) is 65.2 cm³/mol. The summed E-state index contributed by atoms with van der Waals surface area (Å²) in [6.45, 7) is 0.613. The Bertz CT molecular complexity index is 382. The summed E-state index contributed by atoms with van der Waals surface area (Å²) in [7, 11) is 0. The Morgan fingerprint density at radius 1 is 1.44 bits per heavy atom. The van der Waals surface area contributed by atoms with Crippen molar-refractivity contribution in [3.05, 3.63) is 30.3 Å². The number of hydroxylamine groups is 1. The molecule has 1 aromatic rings. The topological polar surface area (TPSA) is 67.8 Å². The predicted octanol–water partition coefficient (Wildman–Crippen LogP) is 1.59. The number of carboxylic acid groups (broad SMARTS) is 1. The Hall–Kier alpha value is -1.59. The lowest BCUT2D eigenvalue weighted by molar-refractivity contribution is -0.140. The lowest BCUT2D eigenvalue weighted by atomic mass is 10.1. The van der Waals surface area contributed by atoms with Crippen LogP contribution in [0.2, 0.25) is 0 Å². The van der Waals surface area contributed by atoms with Gasteiger partial charge in [0.25, 0.3) is 0 Å². The third kappa shape index (κ3) is 3.72. The SMILES string of the molecule is O=C(O)C1CC(CCCOc2ccccc2)ON1. The van der Waals surface area contributed by atoms with Crippen LogP contribution in [0.4, 0.5) is 0 Å². The van der Waals surface area contributed by atoms with Crippen molar-refractivity contribution in [3.8, 4) is 5.75 Å². The van der Waals surface area contributed by atoms with Crippen LogP contribution >= 0.6 is 0 Å². The van der Waals surface area contributed by atoms with Crippen molar-refractivity contribution in [1.82, 2.24) is 5.48 Å². The van der Waals surface area contributed by atoms with E-state index in [0.717, 1.165) is 18.6 Å². The summed E-state index contributed by atoms with van der Waals surface area (Å²) >= 11 is 0. The second kappa shape index (κ2) is 6.37. The van der Waals surface area contributed by atoms with E-state index in [9.17, 15) is 4.79 Å². The summed E-state index contributed by atoms with van der Waals surface area (Å²) in [6, 6.07) is 9.04. The van der Waals surface area contributed by atoms with Crippen LogP contribution < -0.4 is 10.2 Å². The first kappa shape index (κ1) is 12.9. The van der Waals surface area contributed by atoms with E-state index < -0.39 is 12.0 Å². The Morgan fingerprint density at radius 3 is 2.89 bits per heavy atom. The summed E-state index contributed by atoms with van der Waals surface area (Å²) in [6.07, 6.45) is 2.11. The van der Waals surface area contributed by atoms with Gasteiger partial charge in [-0.2, -0.15) is 5.48 Å². The summed E-state index contributed by atoms with van der Waals surface area (Å²) in [5, 5.41) is 8.78. The van der Waals surface area contributed by atoms with Crippen molar-refractivity contribution in [2.45, 2.75) is 31.4 Å². The number of hydrogen-bond acceptors (Lipinski definition) is 4. The number of carboxylic acids is 1. The Labute approximate surface area is 106 Å². The van der Waals surface area contributed by atoms with E-state index in [1.54, 1.807) is 0 Å². The van der Waals surface area contributed by atoms with E-state index >= 15 is 0 Å². The highest BCUT2D eigenvalue weighted by molar-refractivity contribution is 5.73. The number of aliphatic carboxylic acids is 1. The molecule has 0 aliphatic carbocycles. The minimum atomic E-state index is -0.863. The highest BCUT2D eigenvalue weighted by Crippen LogP contribution is 2.16. The molecule has 2 N–H and O–H groups in total. The molecule has 18 heavy (non-hydrogen) atoms. The van der Waals surface area contributed by atoms with Crippen LogP contribution in [0.15, 0.2) is 30.3 Å². The van der Waals surface area contributed by atoms with E-state index in [-0.39, 0.29) is 6.10 Å². The molecule has 2 rings (SSSR count). The van der Waals surface area contributed by atoms with Gasteiger partial charge in [-0.3, -0.25) is 9.63 Å². The summed E-state index contributed by atoms with van der Waals surface area (Å²) < 4.78 is 5.55. The van der Waals surface area contributed by atoms with Gasteiger partial charge in [0.2, 0.25) is 0 Å². The third-order valence-electron chi connectivity index (χ3n) is 2.86. The maximum absolute atomic E-state index is 10.7. The van der Waals surface area contributed by atoms with Crippen LogP contribution in [0.1, 0.15) is 19.3 Å². The molecule has 1 aliphatic heterocycles. The molecule has 98 valence electrons. The van der Waals surface area contributed by atoms with Gasteiger partial charge < -0.3 is 9.84 Å². The zero-order valence-electron chi connectivity index (χ0n) is 10.0. The first-order valence-electron chi connectivity index (χ1n) is 6.07. The average Bonchev–Trinajstić information content (AvgIpc) is 2.85. The number of benzene rings is 1. The number of para-hydroxylation sites is 1. The summed E-state index contributed by atoms with van der Waals surface area (Å²) in [5.74, 6) is -0.00980. The molecule has 2 atom stereocenters. The van der Waals surface area contributed by atoms with Gasteiger partial charge in [0, 0.05) is 6.42 Å². The lowest BCUT2D eigenvalue weighted by Gasteiger charge is -2.08. The van der Waals surface area contributed by atoms with Crippen molar-refractivity contribution in [3.63, 3.8) is 0 Å². The zero-order chi connectivity index (χ0) is 12.8. The molecule has 0 spiro atoms. The van der Waals surface area contributed by atoms with E-state index in [1.807, 2.05) is 30.3 Å². The van der Waals surface area contributed by atoms with Crippen molar-refractivity contribution < 1.29 is 19.5 Å². The van der Waals surface area contributed by atoms with Crippen LogP contribution in [0.5, 0.6) is 5.75 Å². The molecule has 1 aromatic carbocycles. The second-order valence-corrected chi connectivity index (χ2v) is 4.29. The van der Waals surface area contributed by atoms with Gasteiger partial charge >= 0.3 is 5.97 Å². The minimum absolute atomic E-state index is 0.0366. The molecule has 0 radical (unpaired) electrons. The summed E-state index contributed by atoms with van der Waals surface area (Å²) in [5.41, 5.74) is 2.52. The molecule has 2 unspecified atom stereocenters. The normalized spacial score (nSPS) is 22.9. The molecular weight excluding hydrogens is 234 g/mol. The van der Waals surface area contributed by atoms with Gasteiger partial charge in [-0.25, -0.2) is 0 Å². The van der Waals surface area contributed by atoms with Gasteiger partial charge in [0.1, 0.15) is 11.8 Å². The van der Waals surface area contributed by atoms with E-state index in [4.69, 9.17) is 14.7 Å². The van der Waals surface area contributed by atoms with Gasteiger partial charge in [-0.1, -0.05) is 18.2 Å². The van der Waals surface area contributed by atoms with E-state index in [0.29, 0.717) is 13.0 Å². The maximum atomic E-state index is 10.7. The maximum Gasteiger partial charge on any atom is 0.323 e. The van der Waals surface area contributed by atoms with Crippen LogP contribution in [0, 0.1) is 0 Å². The molecule has 5 heteroatoms. The van der Waals surface area contributed by atoms with Gasteiger partial charge in [0.15, 0.2) is 0 Å². The number of nitrogens with one attached hydrogen (secondary N) is 1. The highest BCUT2D eigenvalue weighted by Gasteiger charge is 2.29. The smallest absolute Gasteiger partial charge is 0.323 e. The van der Waals surface area contributed by atoms with Crippen LogP contribution in [0.3, 0.4) is 0 Å². The van der Waals surface area contributed by atoms with Crippen molar-refractivity contribution in [1.29, 1.82) is 0 Å². The van der Waals surface area contributed by atoms with Gasteiger partial charge in [-0.15, -0.1) is 0 Å². The van der Waals surface area contributed by atoms with Crippen molar-refractivity contribution >= 4 is 5.97 Å². The van der Waals surface area contributed by atoms with E-state index in [1.165, 1.54) is 0 Å². The first-order valence-corrected chi connectivity index (χ1v) is 6.07. The Morgan fingerprint density at radius 2 is 2.22 bits per heavy atom. The van der Waals surface area contributed by atoms with Crippen molar-refractivity contribution in [2.24, 2.45) is 0 Å². The van der Waals surface area contributed by atoms with Crippen molar-refractivity contribution in [2.75, 3.05) is 6.61 Å². The number of ether oxygens (including phenoxy) is 1. The molecule has 1 aliphatic rings. The fourth-order valence-corrected chi connectivity index (χ4v) is 1.88. The fraction of sp³-hybridized carbons (Fsp3) is 0.462. The summed E-state index contributed by atoms with van der Waals surface area (Å²) in [4.78, 5) is 15.9. The monoisotopic (exact) mass is 251 g/mol. The third-order valence-corrected chi connectivity index (χ3v) is 2.86. The van der Waals surface area contributed by atoms with Crippen LogP contribution in [0.25, 0.3) is 0 Å². The molecule has 5 nitrogen and oxygen atoms in total. The molecule has 1 fully saturated rings. The second-order valence-electron chi connectivity index (χ2n) is 4.29. The molecule has 0 saturated carbocycles. The standard InChI is InChI=1S/C13H17NO4/c15-13(16)12-9-11(18-14-12)7-4-8-17-10-5-2-1-3-6-10/h1-3,5-6,11-12,14H,4,7-9H2,(H,15,16). The number of hydrogen-bond donors (Lipinski definition) is 2.